The summed E-state index contributed by atoms with van der Waals surface area (Å²) in [5.74, 6) is 0.167. The molecule has 24 heavy (non-hydrogen) atoms. The maximum absolute atomic E-state index is 12.6. The number of halogens is 2. The molecule has 2 fully saturated rings. The minimum Gasteiger partial charge on any atom is -0.339 e. The zero-order valence-electron chi connectivity index (χ0n) is 14.2. The number of benzene rings is 1. The molecule has 0 atom stereocenters. The lowest BCUT2D eigenvalue weighted by atomic mass is 9.99. The van der Waals surface area contributed by atoms with Crippen LogP contribution < -0.4 is 5.73 Å². The lowest BCUT2D eigenvalue weighted by Crippen LogP contribution is -2.48. The molecule has 0 saturated carbocycles. The highest BCUT2D eigenvalue weighted by Gasteiger charge is 2.27. The minimum atomic E-state index is 0. The molecule has 2 heterocycles. The molecular formula is C18H29Cl2N3O. The number of piperidine rings is 2. The largest absolute Gasteiger partial charge is 0.339 e. The molecule has 0 aromatic heterocycles. The van der Waals surface area contributed by atoms with E-state index in [1.165, 1.54) is 32.4 Å². The Balaban J connectivity index is 0.00000144. The zero-order valence-corrected chi connectivity index (χ0v) is 15.8. The van der Waals surface area contributed by atoms with Gasteiger partial charge in [-0.15, -0.1) is 24.8 Å². The Morgan fingerprint density at radius 2 is 1.54 bits per heavy atom. The van der Waals surface area contributed by atoms with E-state index in [-0.39, 0.29) is 30.7 Å². The molecule has 0 bridgehead atoms. The molecule has 1 aromatic rings. The van der Waals surface area contributed by atoms with Crippen molar-refractivity contribution in [1.82, 2.24) is 9.80 Å². The third kappa shape index (κ3) is 5.09. The smallest absolute Gasteiger partial charge is 0.253 e. The molecule has 6 heteroatoms. The lowest BCUT2D eigenvalue weighted by Gasteiger charge is -2.40. The van der Waals surface area contributed by atoms with Gasteiger partial charge in [0.2, 0.25) is 0 Å². The van der Waals surface area contributed by atoms with E-state index in [4.69, 9.17) is 5.73 Å². The van der Waals surface area contributed by atoms with Crippen molar-refractivity contribution in [2.45, 2.75) is 44.7 Å². The first-order chi connectivity index (χ1) is 10.8. The van der Waals surface area contributed by atoms with Crippen molar-refractivity contribution >= 4 is 30.7 Å². The summed E-state index contributed by atoms with van der Waals surface area (Å²) in [5, 5.41) is 0. The molecule has 136 valence electrons. The maximum Gasteiger partial charge on any atom is 0.253 e. The summed E-state index contributed by atoms with van der Waals surface area (Å²) in [6, 6.07) is 8.40. The van der Waals surface area contributed by atoms with Crippen molar-refractivity contribution in [2.24, 2.45) is 5.73 Å². The zero-order chi connectivity index (χ0) is 15.4. The fourth-order valence-corrected chi connectivity index (χ4v) is 3.68. The molecule has 4 nitrogen and oxygen atoms in total. The van der Waals surface area contributed by atoms with Gasteiger partial charge >= 0.3 is 0 Å². The molecule has 2 aliphatic heterocycles. The van der Waals surface area contributed by atoms with E-state index in [1.54, 1.807) is 0 Å². The summed E-state index contributed by atoms with van der Waals surface area (Å²) >= 11 is 0. The van der Waals surface area contributed by atoms with Gasteiger partial charge in [0.25, 0.3) is 5.91 Å². The van der Waals surface area contributed by atoms with E-state index >= 15 is 0 Å². The van der Waals surface area contributed by atoms with Gasteiger partial charge < -0.3 is 15.5 Å². The van der Waals surface area contributed by atoms with Crippen molar-refractivity contribution in [2.75, 3.05) is 26.2 Å². The Hall–Kier alpha value is -0.810. The summed E-state index contributed by atoms with van der Waals surface area (Å²) in [6.07, 6.45) is 6.30. The van der Waals surface area contributed by atoms with Crippen LogP contribution in [0, 0.1) is 0 Å². The molecule has 1 amide bonds. The topological polar surface area (TPSA) is 49.6 Å². The number of carbonyl (C=O) groups is 1. The number of hydrogen-bond donors (Lipinski definition) is 1. The van der Waals surface area contributed by atoms with Crippen LogP contribution in [-0.4, -0.2) is 47.9 Å². The second kappa shape index (κ2) is 10.2. The quantitative estimate of drug-likeness (QED) is 0.885. The van der Waals surface area contributed by atoms with Crippen LogP contribution in [0.25, 0.3) is 0 Å². The molecule has 0 radical (unpaired) electrons. The summed E-state index contributed by atoms with van der Waals surface area (Å²) in [7, 11) is 0. The van der Waals surface area contributed by atoms with Crippen LogP contribution in [0.2, 0.25) is 0 Å². The standard InChI is InChI=1S/C18H27N3O.2ClH/c19-14-15-4-6-16(7-5-15)18(22)21-12-8-17(9-13-21)20-10-2-1-3-11-20;;/h4-7,17H,1-3,8-14,19H2;2*1H. The summed E-state index contributed by atoms with van der Waals surface area (Å²) in [5.41, 5.74) is 7.46. The molecule has 2 N–H and O–H groups in total. The fourth-order valence-electron chi connectivity index (χ4n) is 3.68. The van der Waals surface area contributed by atoms with Crippen molar-refractivity contribution in [3.05, 3.63) is 35.4 Å². The van der Waals surface area contributed by atoms with Crippen LogP contribution in [-0.2, 0) is 6.54 Å². The van der Waals surface area contributed by atoms with Gasteiger partial charge in [-0.25, -0.2) is 0 Å². The molecule has 2 aliphatic rings. The first kappa shape index (κ1) is 21.2. The summed E-state index contributed by atoms with van der Waals surface area (Å²) in [6.45, 7) is 4.80. The molecule has 1 aromatic carbocycles. The monoisotopic (exact) mass is 373 g/mol. The highest BCUT2D eigenvalue weighted by atomic mass is 35.5. The number of carbonyl (C=O) groups excluding carboxylic acids is 1. The van der Waals surface area contributed by atoms with E-state index in [1.807, 2.05) is 29.2 Å². The van der Waals surface area contributed by atoms with Crippen LogP contribution in [0.3, 0.4) is 0 Å². The van der Waals surface area contributed by atoms with Gasteiger partial charge in [-0.3, -0.25) is 4.79 Å². The van der Waals surface area contributed by atoms with Gasteiger partial charge in [0.15, 0.2) is 0 Å². The van der Waals surface area contributed by atoms with Gasteiger partial charge in [0.05, 0.1) is 0 Å². The van der Waals surface area contributed by atoms with Crippen LogP contribution in [0.4, 0.5) is 0 Å². The fraction of sp³-hybridized carbons (Fsp3) is 0.611. The highest BCUT2D eigenvalue weighted by molar-refractivity contribution is 5.94. The first-order valence-electron chi connectivity index (χ1n) is 8.60. The van der Waals surface area contributed by atoms with Crippen molar-refractivity contribution < 1.29 is 4.79 Å². The Kier molecular flexibility index (Phi) is 9.06. The summed E-state index contributed by atoms with van der Waals surface area (Å²) in [4.78, 5) is 17.2. The molecule has 0 spiro atoms. The lowest BCUT2D eigenvalue weighted by molar-refractivity contribution is 0.0590. The number of nitrogens with two attached hydrogens (primary N) is 1. The average molecular weight is 374 g/mol. The van der Waals surface area contributed by atoms with Gasteiger partial charge in [-0.05, 0) is 56.5 Å². The number of likely N-dealkylation sites (tertiary alicyclic amines) is 2. The number of rotatable bonds is 3. The van der Waals surface area contributed by atoms with Gasteiger partial charge in [0, 0.05) is 31.2 Å². The summed E-state index contributed by atoms with van der Waals surface area (Å²) < 4.78 is 0. The third-order valence-corrected chi connectivity index (χ3v) is 5.10. The molecular weight excluding hydrogens is 345 g/mol. The average Bonchev–Trinajstić information content (AvgIpc) is 2.62. The number of amides is 1. The normalized spacial score (nSPS) is 19.3. The number of nitrogens with zero attached hydrogens (tertiary/aromatic N) is 2. The minimum absolute atomic E-state index is 0. The van der Waals surface area contributed by atoms with Crippen molar-refractivity contribution in [3.8, 4) is 0 Å². The molecule has 0 unspecified atom stereocenters. The van der Waals surface area contributed by atoms with Crippen LogP contribution in [0.1, 0.15) is 48.0 Å². The van der Waals surface area contributed by atoms with E-state index in [0.717, 1.165) is 37.1 Å². The number of hydrogen-bond acceptors (Lipinski definition) is 3. The Labute approximate surface area is 157 Å². The molecule has 0 aliphatic carbocycles. The Morgan fingerprint density at radius 3 is 2.08 bits per heavy atom. The highest BCUT2D eigenvalue weighted by Crippen LogP contribution is 2.22. The van der Waals surface area contributed by atoms with Gasteiger partial charge in [-0.1, -0.05) is 18.6 Å². The molecule has 3 rings (SSSR count). The van der Waals surface area contributed by atoms with Crippen LogP contribution in [0.5, 0.6) is 0 Å². The third-order valence-electron chi connectivity index (χ3n) is 5.10. The van der Waals surface area contributed by atoms with E-state index < -0.39 is 0 Å². The SMILES string of the molecule is Cl.Cl.NCc1ccc(C(=O)N2CCC(N3CCCCC3)CC2)cc1. The predicted octanol–water partition coefficient (Wildman–Crippen LogP) is 3.08. The van der Waals surface area contributed by atoms with Crippen LogP contribution >= 0.6 is 24.8 Å². The predicted molar refractivity (Wildman–Crippen MR) is 103 cm³/mol. The maximum atomic E-state index is 12.6. The van der Waals surface area contributed by atoms with E-state index in [2.05, 4.69) is 4.90 Å². The molecule has 2 saturated heterocycles. The Morgan fingerprint density at radius 1 is 0.958 bits per heavy atom. The van der Waals surface area contributed by atoms with Crippen molar-refractivity contribution in [1.29, 1.82) is 0 Å². The second-order valence-corrected chi connectivity index (χ2v) is 6.52. The first-order valence-corrected chi connectivity index (χ1v) is 8.60. The van der Waals surface area contributed by atoms with Crippen LogP contribution in [0.15, 0.2) is 24.3 Å². The van der Waals surface area contributed by atoms with Gasteiger partial charge in [-0.2, -0.15) is 0 Å². The van der Waals surface area contributed by atoms with Gasteiger partial charge in [0.1, 0.15) is 0 Å². The van der Waals surface area contributed by atoms with E-state index in [9.17, 15) is 4.79 Å². The van der Waals surface area contributed by atoms with Crippen molar-refractivity contribution in [3.63, 3.8) is 0 Å². The Bertz CT molecular complexity index is 495. The second-order valence-electron chi connectivity index (χ2n) is 6.52. The van der Waals surface area contributed by atoms with E-state index in [0.29, 0.717) is 12.6 Å².